The highest BCUT2D eigenvalue weighted by molar-refractivity contribution is 6.22. The molecule has 1 saturated heterocycles. The van der Waals surface area contributed by atoms with Crippen molar-refractivity contribution in [1.82, 2.24) is 0 Å². The first-order valence-electron chi connectivity index (χ1n) is 7.97. The minimum Gasteiger partial charge on any atom is -0.478 e. The number of carboxylic acid groups (broad SMARTS) is 1. The van der Waals surface area contributed by atoms with Crippen LogP contribution < -0.4 is 4.90 Å². The molecular formula is C18H15NO4. The molecule has 116 valence electrons. The van der Waals surface area contributed by atoms with E-state index in [1.54, 1.807) is 12.1 Å². The number of hydrogen-bond donors (Lipinski definition) is 1. The van der Waals surface area contributed by atoms with Gasteiger partial charge < -0.3 is 5.11 Å². The van der Waals surface area contributed by atoms with Crippen LogP contribution in [0.3, 0.4) is 0 Å². The van der Waals surface area contributed by atoms with Gasteiger partial charge in [-0.25, -0.2) is 4.79 Å². The Morgan fingerprint density at radius 2 is 1.48 bits per heavy atom. The lowest BCUT2D eigenvalue weighted by atomic mass is 9.63. The number of allylic oxidation sites excluding steroid dienone is 2. The number of anilines is 1. The summed E-state index contributed by atoms with van der Waals surface area (Å²) in [6.07, 6.45) is 5.42. The van der Waals surface area contributed by atoms with Gasteiger partial charge in [0.15, 0.2) is 0 Å². The van der Waals surface area contributed by atoms with E-state index in [2.05, 4.69) is 12.2 Å². The van der Waals surface area contributed by atoms with Crippen molar-refractivity contribution >= 4 is 23.5 Å². The van der Waals surface area contributed by atoms with Gasteiger partial charge in [0.25, 0.3) is 0 Å². The highest BCUT2D eigenvalue weighted by atomic mass is 16.4. The molecule has 1 aromatic carbocycles. The lowest BCUT2D eigenvalue weighted by Gasteiger charge is -2.37. The van der Waals surface area contributed by atoms with Crippen molar-refractivity contribution in [2.45, 2.75) is 6.42 Å². The predicted molar refractivity (Wildman–Crippen MR) is 80.6 cm³/mol. The Morgan fingerprint density at radius 1 is 0.957 bits per heavy atom. The second-order valence-corrected chi connectivity index (χ2v) is 7.02. The van der Waals surface area contributed by atoms with E-state index >= 15 is 0 Å². The van der Waals surface area contributed by atoms with Crippen LogP contribution in [0.15, 0.2) is 36.4 Å². The van der Waals surface area contributed by atoms with E-state index in [0.29, 0.717) is 17.5 Å². The van der Waals surface area contributed by atoms with E-state index in [1.165, 1.54) is 17.0 Å². The number of nitrogens with zero attached hydrogens (tertiary/aromatic N) is 1. The van der Waals surface area contributed by atoms with E-state index in [0.717, 1.165) is 6.42 Å². The van der Waals surface area contributed by atoms with Crippen LogP contribution in [0.25, 0.3) is 0 Å². The van der Waals surface area contributed by atoms with E-state index in [9.17, 15) is 14.4 Å². The van der Waals surface area contributed by atoms with Crippen LogP contribution in [-0.4, -0.2) is 22.9 Å². The van der Waals surface area contributed by atoms with Crippen LogP contribution in [0.1, 0.15) is 16.8 Å². The fourth-order valence-electron chi connectivity index (χ4n) is 4.96. The third-order valence-corrected chi connectivity index (χ3v) is 6.04. The summed E-state index contributed by atoms with van der Waals surface area (Å²) >= 11 is 0. The van der Waals surface area contributed by atoms with Crippen molar-refractivity contribution in [3.8, 4) is 0 Å². The molecule has 1 heterocycles. The van der Waals surface area contributed by atoms with E-state index in [4.69, 9.17) is 5.11 Å². The van der Waals surface area contributed by atoms with Gasteiger partial charge in [-0.2, -0.15) is 0 Å². The molecule has 0 aromatic heterocycles. The monoisotopic (exact) mass is 309 g/mol. The van der Waals surface area contributed by atoms with Gasteiger partial charge in [0.1, 0.15) is 0 Å². The van der Waals surface area contributed by atoms with Crippen LogP contribution in [0.4, 0.5) is 5.69 Å². The quantitative estimate of drug-likeness (QED) is 0.669. The average Bonchev–Trinajstić information content (AvgIpc) is 3.32. The first-order chi connectivity index (χ1) is 11.1. The third kappa shape index (κ3) is 1.54. The molecule has 2 amide bonds. The smallest absolute Gasteiger partial charge is 0.335 e. The summed E-state index contributed by atoms with van der Waals surface area (Å²) in [7, 11) is 0. The van der Waals surface area contributed by atoms with E-state index < -0.39 is 5.97 Å². The molecule has 1 aromatic rings. The number of amides is 2. The molecule has 1 N–H and O–H groups in total. The Hall–Kier alpha value is -2.43. The molecule has 0 radical (unpaired) electrons. The molecule has 0 spiro atoms. The largest absolute Gasteiger partial charge is 0.478 e. The summed E-state index contributed by atoms with van der Waals surface area (Å²) in [5.41, 5.74) is 0.626. The summed E-state index contributed by atoms with van der Waals surface area (Å²) < 4.78 is 0. The van der Waals surface area contributed by atoms with Crippen LogP contribution >= 0.6 is 0 Å². The molecule has 6 rings (SSSR count). The topological polar surface area (TPSA) is 74.7 Å². The number of carbonyl (C=O) groups excluding carboxylic acids is 2. The molecule has 23 heavy (non-hydrogen) atoms. The average molecular weight is 309 g/mol. The molecule has 2 bridgehead atoms. The Morgan fingerprint density at radius 3 is 1.96 bits per heavy atom. The van der Waals surface area contributed by atoms with Gasteiger partial charge in [-0.3, -0.25) is 14.5 Å². The molecule has 5 nitrogen and oxygen atoms in total. The number of imide groups is 1. The lowest BCUT2D eigenvalue weighted by Crippen LogP contribution is -2.40. The second kappa shape index (κ2) is 4.10. The molecule has 2 saturated carbocycles. The molecule has 5 heteroatoms. The van der Waals surface area contributed by atoms with Crippen LogP contribution in [0.2, 0.25) is 0 Å². The van der Waals surface area contributed by atoms with Crippen molar-refractivity contribution in [3.63, 3.8) is 0 Å². The summed E-state index contributed by atoms with van der Waals surface area (Å²) in [5, 5.41) is 8.97. The number of carbonyl (C=O) groups is 3. The number of aromatic carboxylic acids is 1. The van der Waals surface area contributed by atoms with Crippen molar-refractivity contribution < 1.29 is 19.5 Å². The zero-order valence-corrected chi connectivity index (χ0v) is 12.3. The SMILES string of the molecule is O=C(O)c1ccc(N2C(=O)[C@@H]3[C@H]4C=C[C@H]([C@H]5C[C@H]45)[C@@H]3C2=O)cc1. The Kier molecular flexibility index (Phi) is 2.33. The maximum Gasteiger partial charge on any atom is 0.335 e. The number of rotatable bonds is 2. The van der Waals surface area contributed by atoms with Gasteiger partial charge in [-0.1, -0.05) is 12.2 Å². The fourth-order valence-corrected chi connectivity index (χ4v) is 4.96. The fraction of sp³-hybridized carbons (Fsp3) is 0.389. The second-order valence-electron chi connectivity index (χ2n) is 7.02. The van der Waals surface area contributed by atoms with Gasteiger partial charge in [-0.15, -0.1) is 0 Å². The minimum absolute atomic E-state index is 0.118. The van der Waals surface area contributed by atoms with Crippen LogP contribution in [-0.2, 0) is 9.59 Å². The Bertz CT molecular complexity index is 745. The standard InChI is InChI=1S/C18H15NO4/c20-16-14-10-5-6-11(13-7-12(10)13)15(14)17(21)19(16)9-3-1-8(2-4-9)18(22)23/h1-6,10-15H,7H2,(H,22,23)/t10-,11+,12-,13-,14+,15-/m1/s1. The Balaban J connectivity index is 1.53. The van der Waals surface area contributed by atoms with Crippen molar-refractivity contribution in [3.05, 3.63) is 42.0 Å². The molecule has 6 atom stereocenters. The predicted octanol–water partition coefficient (Wildman–Crippen LogP) is 1.94. The van der Waals surface area contributed by atoms with Gasteiger partial charge in [0.2, 0.25) is 11.8 Å². The first kappa shape index (κ1) is 13.0. The summed E-state index contributed by atoms with van der Waals surface area (Å²) in [5.74, 6) is -0.132. The highest BCUT2D eigenvalue weighted by Gasteiger charge is 2.67. The zero-order chi connectivity index (χ0) is 15.9. The number of benzene rings is 1. The number of carboxylic acids is 1. The zero-order valence-electron chi connectivity index (χ0n) is 12.3. The van der Waals surface area contributed by atoms with Gasteiger partial charge in [-0.05, 0) is 54.4 Å². The minimum atomic E-state index is -1.02. The third-order valence-electron chi connectivity index (χ3n) is 6.04. The maximum atomic E-state index is 12.9. The van der Waals surface area contributed by atoms with E-state index in [-0.39, 0.29) is 41.0 Å². The van der Waals surface area contributed by atoms with Crippen LogP contribution in [0.5, 0.6) is 0 Å². The molecule has 5 aliphatic rings. The molecule has 0 unspecified atom stereocenters. The lowest BCUT2D eigenvalue weighted by molar-refractivity contribution is -0.124. The number of hydrogen-bond acceptors (Lipinski definition) is 3. The highest BCUT2D eigenvalue weighted by Crippen LogP contribution is 2.65. The summed E-state index contributed by atoms with van der Waals surface area (Å²) in [6, 6.07) is 5.97. The molecule has 1 aliphatic heterocycles. The Labute approximate surface area is 132 Å². The van der Waals surface area contributed by atoms with Gasteiger partial charge >= 0.3 is 5.97 Å². The molecular weight excluding hydrogens is 294 g/mol. The molecule has 3 fully saturated rings. The van der Waals surface area contributed by atoms with Gasteiger partial charge in [0.05, 0.1) is 23.1 Å². The van der Waals surface area contributed by atoms with Crippen molar-refractivity contribution in [1.29, 1.82) is 0 Å². The van der Waals surface area contributed by atoms with Crippen molar-refractivity contribution in [2.24, 2.45) is 35.5 Å². The molecule has 4 aliphatic carbocycles. The maximum absolute atomic E-state index is 12.9. The van der Waals surface area contributed by atoms with Gasteiger partial charge in [0, 0.05) is 0 Å². The van der Waals surface area contributed by atoms with Crippen molar-refractivity contribution in [2.75, 3.05) is 4.90 Å². The normalized spacial score (nSPS) is 39.4. The summed E-state index contributed by atoms with van der Waals surface area (Å²) in [6.45, 7) is 0. The van der Waals surface area contributed by atoms with Crippen LogP contribution in [0, 0.1) is 35.5 Å². The van der Waals surface area contributed by atoms with E-state index in [1.807, 2.05) is 0 Å². The first-order valence-corrected chi connectivity index (χ1v) is 7.97. The summed E-state index contributed by atoms with van der Waals surface area (Å²) in [4.78, 5) is 38.0.